The molecule has 5 rings (SSSR count). The highest BCUT2D eigenvalue weighted by molar-refractivity contribution is 6.30. The molecule has 1 atom stereocenters. The summed E-state index contributed by atoms with van der Waals surface area (Å²) in [5.74, 6) is -0.988. The van der Waals surface area contributed by atoms with Crippen LogP contribution in [0.1, 0.15) is 87.2 Å². The fourth-order valence-corrected chi connectivity index (χ4v) is 6.76. The quantitative estimate of drug-likeness (QED) is 0.294. The maximum absolute atomic E-state index is 12.8. The molecule has 1 fully saturated rings. The zero-order valence-electron chi connectivity index (χ0n) is 26.8. The smallest absolute Gasteiger partial charge is 0.337 e. The van der Waals surface area contributed by atoms with Gasteiger partial charge in [-0.05, 0) is 93.7 Å². The minimum atomic E-state index is -1.12. The van der Waals surface area contributed by atoms with E-state index in [0.29, 0.717) is 11.3 Å². The monoisotopic (exact) mass is 603 g/mol. The van der Waals surface area contributed by atoms with E-state index in [1.807, 2.05) is 45.9 Å². The summed E-state index contributed by atoms with van der Waals surface area (Å²) < 4.78 is 6.25. The van der Waals surface area contributed by atoms with E-state index in [1.165, 1.54) is 16.7 Å². The van der Waals surface area contributed by atoms with Crippen molar-refractivity contribution in [3.63, 3.8) is 0 Å². The van der Waals surface area contributed by atoms with Gasteiger partial charge in [0.25, 0.3) is 0 Å². The molecular weight excluding hydrogens is 558 g/mol. The van der Waals surface area contributed by atoms with Gasteiger partial charge in [-0.15, -0.1) is 0 Å². The van der Waals surface area contributed by atoms with Gasteiger partial charge in [0.15, 0.2) is 6.10 Å². The number of halogens is 1. The van der Waals surface area contributed by atoms with Crippen molar-refractivity contribution in [1.29, 1.82) is 0 Å². The Morgan fingerprint density at radius 2 is 1.77 bits per heavy atom. The van der Waals surface area contributed by atoms with Crippen LogP contribution in [0.2, 0.25) is 5.02 Å². The van der Waals surface area contributed by atoms with Crippen molar-refractivity contribution in [3.8, 4) is 11.1 Å². The number of aromatic nitrogens is 1. The number of carboxylic acid groups (broad SMARTS) is 1. The van der Waals surface area contributed by atoms with Crippen LogP contribution < -0.4 is 4.90 Å². The molecule has 2 aliphatic heterocycles. The molecule has 3 aromatic rings. The number of hydrogen-bond donors (Lipinski definition) is 1. The van der Waals surface area contributed by atoms with Crippen LogP contribution in [0.3, 0.4) is 0 Å². The number of hydrogen-bond acceptors (Lipinski definition) is 5. The summed E-state index contributed by atoms with van der Waals surface area (Å²) >= 11 is 6.24. The van der Waals surface area contributed by atoms with Gasteiger partial charge in [0.1, 0.15) is 0 Å². The zero-order chi connectivity index (χ0) is 31.1. The molecule has 43 heavy (non-hydrogen) atoms. The average Bonchev–Trinajstić information content (AvgIpc) is 2.91. The molecule has 1 aromatic heterocycles. The highest BCUT2D eigenvalue weighted by Gasteiger charge is 2.36. The Balaban J connectivity index is 1.57. The summed E-state index contributed by atoms with van der Waals surface area (Å²) in [5, 5.41) is 11.2. The first-order chi connectivity index (χ1) is 20.2. The lowest BCUT2D eigenvalue weighted by atomic mass is 9.81. The first-order valence-corrected chi connectivity index (χ1v) is 15.8. The first kappa shape index (κ1) is 31.5. The summed E-state index contributed by atoms with van der Waals surface area (Å²) in [4.78, 5) is 22.6. The molecule has 0 aliphatic carbocycles. The minimum Gasteiger partial charge on any atom is -0.479 e. The molecule has 0 radical (unpaired) electrons. The fraction of sp³-hybridized carbons (Fsp3) is 0.500. The van der Waals surface area contributed by atoms with E-state index in [2.05, 4.69) is 54.8 Å². The Bertz CT molecular complexity index is 1500. The number of pyridine rings is 1. The van der Waals surface area contributed by atoms with E-state index in [9.17, 15) is 9.90 Å². The Kier molecular flexibility index (Phi) is 8.95. The van der Waals surface area contributed by atoms with E-state index >= 15 is 0 Å². The number of rotatable bonds is 7. The van der Waals surface area contributed by atoms with Gasteiger partial charge in [-0.2, -0.15) is 0 Å². The van der Waals surface area contributed by atoms with Gasteiger partial charge in [0.05, 0.1) is 11.3 Å². The zero-order valence-corrected chi connectivity index (χ0v) is 27.5. The van der Waals surface area contributed by atoms with E-state index in [-0.39, 0.29) is 5.41 Å². The topological polar surface area (TPSA) is 65.9 Å². The van der Waals surface area contributed by atoms with Crippen LogP contribution in [0.4, 0.5) is 5.69 Å². The van der Waals surface area contributed by atoms with Crippen molar-refractivity contribution in [2.45, 2.75) is 92.5 Å². The molecule has 7 heteroatoms. The van der Waals surface area contributed by atoms with Gasteiger partial charge in [-0.25, -0.2) is 4.79 Å². The van der Waals surface area contributed by atoms with Crippen LogP contribution in [0.15, 0.2) is 42.5 Å². The highest BCUT2D eigenvalue weighted by atomic mass is 35.5. The second-order valence-electron chi connectivity index (χ2n) is 14.1. The van der Waals surface area contributed by atoms with Gasteiger partial charge in [-0.1, -0.05) is 55.8 Å². The average molecular weight is 604 g/mol. The first-order valence-electron chi connectivity index (χ1n) is 15.5. The molecule has 1 saturated heterocycles. The third kappa shape index (κ3) is 7.25. The van der Waals surface area contributed by atoms with Crippen LogP contribution in [0.25, 0.3) is 11.1 Å². The highest BCUT2D eigenvalue weighted by Crippen LogP contribution is 2.45. The van der Waals surface area contributed by atoms with Gasteiger partial charge < -0.3 is 14.7 Å². The molecule has 0 amide bonds. The fourth-order valence-electron chi connectivity index (χ4n) is 6.55. The number of benzene rings is 2. The number of anilines is 1. The number of carboxylic acids is 1. The Morgan fingerprint density at radius 3 is 2.42 bits per heavy atom. The number of ether oxygens (including phenoxy) is 1. The summed E-state index contributed by atoms with van der Waals surface area (Å²) in [7, 11) is 0. The summed E-state index contributed by atoms with van der Waals surface area (Å²) in [5.41, 5.74) is 8.90. The lowest BCUT2D eigenvalue weighted by Crippen LogP contribution is -2.39. The molecule has 6 nitrogen and oxygen atoms in total. The minimum absolute atomic E-state index is 0.255. The molecule has 3 heterocycles. The number of nitrogens with zero attached hydrogens (tertiary/aromatic N) is 3. The van der Waals surface area contributed by atoms with Crippen LogP contribution in [-0.4, -0.2) is 46.2 Å². The maximum atomic E-state index is 12.8. The van der Waals surface area contributed by atoms with Crippen molar-refractivity contribution in [2.24, 2.45) is 5.41 Å². The van der Waals surface area contributed by atoms with Crippen LogP contribution in [-0.2, 0) is 29.0 Å². The molecule has 230 valence electrons. The van der Waals surface area contributed by atoms with Crippen molar-refractivity contribution in [2.75, 3.05) is 24.5 Å². The lowest BCUT2D eigenvalue weighted by molar-refractivity contribution is -0.160. The Morgan fingerprint density at radius 1 is 1.05 bits per heavy atom. The third-order valence-electron chi connectivity index (χ3n) is 8.85. The van der Waals surface area contributed by atoms with Gasteiger partial charge in [0, 0.05) is 60.3 Å². The van der Waals surface area contributed by atoms with Crippen LogP contribution in [0, 0.1) is 19.3 Å². The van der Waals surface area contributed by atoms with Crippen LogP contribution in [0.5, 0.6) is 0 Å². The summed E-state index contributed by atoms with van der Waals surface area (Å²) in [6.45, 7) is 18.8. The number of fused-ring (bicyclic) bond motifs is 1. The maximum Gasteiger partial charge on any atom is 0.337 e. The number of aryl methyl sites for hydroxylation is 2. The van der Waals surface area contributed by atoms with E-state index in [1.54, 1.807) is 0 Å². The largest absolute Gasteiger partial charge is 0.479 e. The molecule has 0 unspecified atom stereocenters. The van der Waals surface area contributed by atoms with Gasteiger partial charge in [0.2, 0.25) is 0 Å². The van der Waals surface area contributed by atoms with Crippen molar-refractivity contribution >= 4 is 23.3 Å². The van der Waals surface area contributed by atoms with Gasteiger partial charge >= 0.3 is 5.97 Å². The number of aliphatic carboxylic acids is 1. The Hall–Kier alpha value is -2.93. The van der Waals surface area contributed by atoms with Gasteiger partial charge in [-0.3, -0.25) is 9.88 Å². The standard InChI is InChI=1S/C36H46ClN3O3/c1-23-30(27-11-12-28-22-39(16-13-26(28)20-27)21-25-9-8-10-29(37)19-25)32(40-17-14-36(6,7)15-18-40)31(24(2)38-23)33(34(41)42)43-35(3,4)5/h8-12,19-20,33H,13-18,21-22H2,1-7H3,(H,41,42)/t33-/m0/s1. The molecular formula is C36H46ClN3O3. The number of piperidine rings is 1. The second kappa shape index (κ2) is 12.2. The summed E-state index contributed by atoms with van der Waals surface area (Å²) in [6.07, 6.45) is 1.91. The van der Waals surface area contributed by atoms with E-state index in [4.69, 9.17) is 21.3 Å². The Labute approximate surface area is 262 Å². The molecule has 2 aromatic carbocycles. The number of carbonyl (C=O) groups is 1. The predicted octanol–water partition coefficient (Wildman–Crippen LogP) is 8.14. The van der Waals surface area contributed by atoms with Crippen LogP contribution >= 0.6 is 11.6 Å². The lowest BCUT2D eigenvalue weighted by Gasteiger charge is -2.41. The van der Waals surface area contributed by atoms with E-state index in [0.717, 1.165) is 79.5 Å². The van der Waals surface area contributed by atoms with E-state index < -0.39 is 17.7 Å². The summed E-state index contributed by atoms with van der Waals surface area (Å²) in [6, 6.07) is 14.9. The molecule has 0 spiro atoms. The van der Waals surface area contributed by atoms with Crippen molar-refractivity contribution < 1.29 is 14.6 Å². The second-order valence-corrected chi connectivity index (χ2v) is 14.5. The SMILES string of the molecule is Cc1nc(C)c([C@H](OC(C)(C)C)C(=O)O)c(N2CCC(C)(C)CC2)c1-c1ccc2c(c1)CCN(Cc1cccc(Cl)c1)C2. The third-order valence-corrected chi connectivity index (χ3v) is 9.09. The predicted molar refractivity (Wildman–Crippen MR) is 175 cm³/mol. The normalized spacial score (nSPS) is 17.9. The van der Waals surface area contributed by atoms with Crippen molar-refractivity contribution in [1.82, 2.24) is 9.88 Å². The molecule has 0 saturated carbocycles. The molecule has 2 aliphatic rings. The van der Waals surface area contributed by atoms with Crippen molar-refractivity contribution in [3.05, 3.63) is 81.1 Å². The molecule has 1 N–H and O–H groups in total. The molecule has 0 bridgehead atoms.